The quantitative estimate of drug-likeness (QED) is 0.738. The highest BCUT2D eigenvalue weighted by atomic mass is 19.1. The Labute approximate surface area is 111 Å². The van der Waals surface area contributed by atoms with E-state index in [0.717, 1.165) is 28.0 Å². The molecule has 0 bridgehead atoms. The van der Waals surface area contributed by atoms with Gasteiger partial charge in [0.05, 0.1) is 11.0 Å². The molecule has 2 aromatic carbocycles. The molecule has 0 saturated carbocycles. The number of rotatable bonds is 2. The Kier molecular flexibility index (Phi) is 2.82. The molecule has 0 saturated heterocycles. The Bertz CT molecular complexity index is 744. The van der Waals surface area contributed by atoms with Crippen molar-refractivity contribution in [1.82, 2.24) is 9.97 Å². The van der Waals surface area contributed by atoms with Gasteiger partial charge in [-0.1, -0.05) is 18.2 Å². The molecule has 0 spiro atoms. The third-order valence-electron chi connectivity index (χ3n) is 3.23. The molecule has 0 aliphatic rings. The summed E-state index contributed by atoms with van der Waals surface area (Å²) in [6.07, 6.45) is 0.616. The fourth-order valence-electron chi connectivity index (χ4n) is 2.45. The lowest BCUT2D eigenvalue weighted by molar-refractivity contribution is 0.626. The van der Waals surface area contributed by atoms with Crippen LogP contribution in [0.4, 0.5) is 4.39 Å². The van der Waals surface area contributed by atoms with Crippen molar-refractivity contribution in [2.75, 3.05) is 0 Å². The first kappa shape index (κ1) is 11.9. The minimum atomic E-state index is -0.208. The summed E-state index contributed by atoms with van der Waals surface area (Å²) < 4.78 is 13.2. The van der Waals surface area contributed by atoms with Crippen molar-refractivity contribution in [3.63, 3.8) is 0 Å². The van der Waals surface area contributed by atoms with E-state index < -0.39 is 0 Å². The number of imidazole rings is 1. The maximum atomic E-state index is 13.2. The van der Waals surface area contributed by atoms with E-state index in [1.54, 1.807) is 12.1 Å². The Balaban J connectivity index is 2.00. The van der Waals surface area contributed by atoms with Gasteiger partial charge in [0.2, 0.25) is 0 Å². The van der Waals surface area contributed by atoms with E-state index in [9.17, 15) is 4.39 Å². The number of aromatic amines is 1. The molecule has 0 atom stereocenters. The molecule has 0 aliphatic carbocycles. The van der Waals surface area contributed by atoms with E-state index in [0.29, 0.717) is 6.42 Å². The van der Waals surface area contributed by atoms with E-state index in [-0.39, 0.29) is 5.82 Å². The third-order valence-corrected chi connectivity index (χ3v) is 3.23. The molecule has 2 nitrogen and oxygen atoms in total. The Morgan fingerprint density at radius 2 is 2.00 bits per heavy atom. The molecule has 19 heavy (non-hydrogen) atoms. The highest BCUT2D eigenvalue weighted by Gasteiger charge is 2.07. The summed E-state index contributed by atoms with van der Waals surface area (Å²) in [5, 5.41) is 0. The van der Waals surface area contributed by atoms with Crippen molar-refractivity contribution in [3.05, 3.63) is 64.7 Å². The molecule has 0 unspecified atom stereocenters. The summed E-state index contributed by atoms with van der Waals surface area (Å²) in [5.41, 5.74) is 5.34. The van der Waals surface area contributed by atoms with Crippen molar-refractivity contribution in [3.8, 4) is 0 Å². The monoisotopic (exact) mass is 254 g/mol. The number of fused-ring (bicyclic) bond motifs is 1. The van der Waals surface area contributed by atoms with Crippen LogP contribution in [0.25, 0.3) is 11.0 Å². The van der Waals surface area contributed by atoms with E-state index in [4.69, 9.17) is 0 Å². The molecular weight excluding hydrogens is 239 g/mol. The Hall–Kier alpha value is -2.16. The van der Waals surface area contributed by atoms with Crippen molar-refractivity contribution in [2.45, 2.75) is 20.3 Å². The van der Waals surface area contributed by atoms with E-state index in [2.05, 4.69) is 35.9 Å². The fraction of sp³-hybridized carbons (Fsp3) is 0.188. The average molecular weight is 254 g/mol. The summed E-state index contributed by atoms with van der Waals surface area (Å²) >= 11 is 0. The van der Waals surface area contributed by atoms with Crippen LogP contribution in [-0.4, -0.2) is 9.97 Å². The van der Waals surface area contributed by atoms with E-state index in [1.165, 1.54) is 11.6 Å². The smallest absolute Gasteiger partial charge is 0.123 e. The number of hydrogen-bond donors (Lipinski definition) is 1. The van der Waals surface area contributed by atoms with Crippen molar-refractivity contribution in [1.29, 1.82) is 0 Å². The summed E-state index contributed by atoms with van der Waals surface area (Å²) in [6, 6.07) is 10.8. The van der Waals surface area contributed by atoms with Crippen LogP contribution in [0, 0.1) is 19.7 Å². The van der Waals surface area contributed by atoms with Crippen LogP contribution >= 0.6 is 0 Å². The van der Waals surface area contributed by atoms with Gasteiger partial charge in [-0.3, -0.25) is 0 Å². The first-order valence-corrected chi connectivity index (χ1v) is 6.32. The van der Waals surface area contributed by atoms with Crippen molar-refractivity contribution < 1.29 is 4.39 Å². The summed E-state index contributed by atoms with van der Waals surface area (Å²) in [7, 11) is 0. The van der Waals surface area contributed by atoms with Crippen molar-refractivity contribution >= 4 is 11.0 Å². The van der Waals surface area contributed by atoms with Crippen LogP contribution in [0.3, 0.4) is 0 Å². The highest BCUT2D eigenvalue weighted by Crippen LogP contribution is 2.19. The minimum absolute atomic E-state index is 0.208. The minimum Gasteiger partial charge on any atom is -0.342 e. The zero-order valence-corrected chi connectivity index (χ0v) is 11.0. The lowest BCUT2D eigenvalue weighted by Gasteiger charge is -1.97. The van der Waals surface area contributed by atoms with Gasteiger partial charge < -0.3 is 4.98 Å². The number of aromatic nitrogens is 2. The molecule has 0 fully saturated rings. The van der Waals surface area contributed by atoms with Crippen molar-refractivity contribution in [2.24, 2.45) is 0 Å². The third kappa shape index (κ3) is 2.36. The number of hydrogen-bond acceptors (Lipinski definition) is 1. The van der Waals surface area contributed by atoms with Gasteiger partial charge in [0.15, 0.2) is 0 Å². The summed E-state index contributed by atoms with van der Waals surface area (Å²) in [6.45, 7) is 4.13. The maximum Gasteiger partial charge on any atom is 0.123 e. The molecule has 0 amide bonds. The lowest BCUT2D eigenvalue weighted by atomic mass is 10.1. The Morgan fingerprint density at radius 1 is 1.16 bits per heavy atom. The first-order valence-electron chi connectivity index (χ1n) is 6.32. The van der Waals surface area contributed by atoms with Crippen LogP contribution in [0.15, 0.2) is 36.4 Å². The molecule has 0 radical (unpaired) electrons. The average Bonchev–Trinajstić information content (AvgIpc) is 2.71. The van der Waals surface area contributed by atoms with Gasteiger partial charge in [-0.25, -0.2) is 9.37 Å². The standard InChI is InChI=1S/C16H15FN2/c1-10-6-11(2)16-14(7-10)18-15(19-16)9-12-4-3-5-13(17)8-12/h3-8H,9H2,1-2H3,(H,18,19). The van der Waals surface area contributed by atoms with Gasteiger partial charge in [0, 0.05) is 6.42 Å². The lowest BCUT2D eigenvalue weighted by Crippen LogP contribution is -1.91. The zero-order chi connectivity index (χ0) is 13.4. The van der Waals surface area contributed by atoms with Gasteiger partial charge >= 0.3 is 0 Å². The summed E-state index contributed by atoms with van der Waals surface area (Å²) in [5.74, 6) is 0.662. The normalized spacial score (nSPS) is 11.1. The SMILES string of the molecule is Cc1cc(C)c2nc(Cc3cccc(F)c3)[nH]c2c1. The number of benzene rings is 2. The molecule has 96 valence electrons. The highest BCUT2D eigenvalue weighted by molar-refractivity contribution is 5.79. The van der Waals surface area contributed by atoms with Gasteiger partial charge in [0.1, 0.15) is 11.6 Å². The Morgan fingerprint density at radius 3 is 2.79 bits per heavy atom. The predicted molar refractivity (Wildman–Crippen MR) is 74.8 cm³/mol. The topological polar surface area (TPSA) is 28.7 Å². The second-order valence-corrected chi connectivity index (χ2v) is 4.97. The predicted octanol–water partition coefficient (Wildman–Crippen LogP) is 3.91. The number of aryl methyl sites for hydroxylation is 2. The van der Waals surface area contributed by atoms with E-state index in [1.807, 2.05) is 6.07 Å². The van der Waals surface area contributed by atoms with Crippen LogP contribution in [0.5, 0.6) is 0 Å². The summed E-state index contributed by atoms with van der Waals surface area (Å²) in [4.78, 5) is 7.91. The van der Waals surface area contributed by atoms with Gasteiger partial charge in [0.25, 0.3) is 0 Å². The van der Waals surface area contributed by atoms with Crippen LogP contribution < -0.4 is 0 Å². The molecule has 3 heteroatoms. The zero-order valence-electron chi connectivity index (χ0n) is 11.0. The molecule has 1 N–H and O–H groups in total. The molecular formula is C16H15FN2. The van der Waals surface area contributed by atoms with Gasteiger partial charge in [-0.15, -0.1) is 0 Å². The molecule has 0 aliphatic heterocycles. The number of halogens is 1. The largest absolute Gasteiger partial charge is 0.342 e. The van der Waals surface area contributed by atoms with Crippen LogP contribution in [0.1, 0.15) is 22.5 Å². The number of nitrogens with zero attached hydrogens (tertiary/aromatic N) is 1. The number of H-pyrrole nitrogens is 1. The fourth-order valence-corrected chi connectivity index (χ4v) is 2.45. The molecule has 3 rings (SSSR count). The van der Waals surface area contributed by atoms with Crippen LogP contribution in [-0.2, 0) is 6.42 Å². The molecule has 3 aromatic rings. The second-order valence-electron chi connectivity index (χ2n) is 4.97. The van der Waals surface area contributed by atoms with Gasteiger partial charge in [-0.05, 0) is 48.7 Å². The first-order chi connectivity index (χ1) is 9.11. The van der Waals surface area contributed by atoms with Crippen LogP contribution in [0.2, 0.25) is 0 Å². The molecule has 1 heterocycles. The number of nitrogens with one attached hydrogen (secondary N) is 1. The second kappa shape index (κ2) is 4.50. The van der Waals surface area contributed by atoms with E-state index >= 15 is 0 Å². The molecule has 1 aromatic heterocycles. The van der Waals surface area contributed by atoms with Gasteiger partial charge in [-0.2, -0.15) is 0 Å². The maximum absolute atomic E-state index is 13.2.